The summed E-state index contributed by atoms with van der Waals surface area (Å²) in [5.41, 5.74) is -0.423. The molecule has 1 unspecified atom stereocenters. The molecule has 0 aromatic heterocycles. The molecule has 0 bridgehead atoms. The summed E-state index contributed by atoms with van der Waals surface area (Å²) in [5, 5.41) is 8.98. The molecule has 21 heavy (non-hydrogen) atoms. The summed E-state index contributed by atoms with van der Waals surface area (Å²) in [5.74, 6) is -0.554. The zero-order valence-electron chi connectivity index (χ0n) is 12.1. The Morgan fingerprint density at radius 1 is 1.52 bits per heavy atom. The highest BCUT2D eigenvalue weighted by Crippen LogP contribution is 2.23. The van der Waals surface area contributed by atoms with Crippen molar-refractivity contribution in [1.29, 1.82) is 5.26 Å². The van der Waals surface area contributed by atoms with Crippen molar-refractivity contribution < 1.29 is 12.8 Å². The maximum Gasteiger partial charge on any atom is 0.244 e. The van der Waals surface area contributed by atoms with E-state index in [2.05, 4.69) is 4.90 Å². The highest BCUT2D eigenvalue weighted by Gasteiger charge is 2.29. The fourth-order valence-electron chi connectivity index (χ4n) is 2.63. The molecule has 1 atom stereocenters. The fraction of sp³-hybridized carbons (Fsp3) is 0.500. The molecule has 0 amide bonds. The summed E-state index contributed by atoms with van der Waals surface area (Å²) >= 11 is 0. The summed E-state index contributed by atoms with van der Waals surface area (Å²) < 4.78 is 39.9. The molecule has 0 radical (unpaired) electrons. The minimum Gasteiger partial charge on any atom is -0.306 e. The Hall–Kier alpha value is -1.49. The highest BCUT2D eigenvalue weighted by molar-refractivity contribution is 7.89. The van der Waals surface area contributed by atoms with Crippen LogP contribution in [0, 0.1) is 23.1 Å². The van der Waals surface area contributed by atoms with E-state index in [9.17, 15) is 12.8 Å². The Morgan fingerprint density at radius 2 is 2.24 bits per heavy atom. The lowest BCUT2D eigenvalue weighted by Crippen LogP contribution is -2.33. The van der Waals surface area contributed by atoms with Crippen LogP contribution < -0.4 is 0 Å². The Labute approximate surface area is 124 Å². The molecule has 1 aliphatic heterocycles. The van der Waals surface area contributed by atoms with Gasteiger partial charge in [-0.1, -0.05) is 6.07 Å². The van der Waals surface area contributed by atoms with Gasteiger partial charge in [-0.3, -0.25) is 0 Å². The first-order chi connectivity index (χ1) is 9.86. The number of halogens is 1. The van der Waals surface area contributed by atoms with Crippen molar-refractivity contribution in [3.8, 4) is 6.07 Å². The van der Waals surface area contributed by atoms with E-state index >= 15 is 0 Å². The van der Waals surface area contributed by atoms with E-state index in [0.717, 1.165) is 25.6 Å². The average Bonchev–Trinajstić information content (AvgIpc) is 2.83. The van der Waals surface area contributed by atoms with Crippen molar-refractivity contribution in [2.75, 3.05) is 33.7 Å². The number of hydrogen-bond acceptors (Lipinski definition) is 4. The fourth-order valence-corrected chi connectivity index (χ4v) is 4.03. The molecule has 1 fully saturated rings. The number of likely N-dealkylation sites (tertiary alicyclic amines) is 1. The molecule has 2 rings (SSSR count). The van der Waals surface area contributed by atoms with E-state index in [1.165, 1.54) is 23.5 Å². The second-order valence-electron chi connectivity index (χ2n) is 5.43. The van der Waals surface area contributed by atoms with Gasteiger partial charge in [0.15, 0.2) is 0 Å². The first kappa shape index (κ1) is 15.9. The molecule has 1 aromatic rings. The van der Waals surface area contributed by atoms with Crippen LogP contribution in [-0.4, -0.2) is 51.4 Å². The monoisotopic (exact) mass is 311 g/mol. The van der Waals surface area contributed by atoms with Crippen LogP contribution in [0.4, 0.5) is 4.39 Å². The second-order valence-corrected chi connectivity index (χ2v) is 7.44. The molecule has 1 saturated heterocycles. The third-order valence-electron chi connectivity index (χ3n) is 3.78. The normalized spacial score (nSPS) is 19.9. The van der Waals surface area contributed by atoms with Gasteiger partial charge in [-0.2, -0.15) is 5.26 Å². The number of nitriles is 1. The predicted molar refractivity (Wildman–Crippen MR) is 76.5 cm³/mol. The third kappa shape index (κ3) is 3.23. The lowest BCUT2D eigenvalue weighted by atomic mass is 10.1. The van der Waals surface area contributed by atoms with Crippen molar-refractivity contribution in [3.63, 3.8) is 0 Å². The zero-order chi connectivity index (χ0) is 15.6. The maximum absolute atomic E-state index is 13.6. The number of sulfonamides is 1. The van der Waals surface area contributed by atoms with Crippen LogP contribution in [0.5, 0.6) is 0 Å². The molecule has 1 heterocycles. The number of rotatable bonds is 4. The summed E-state index contributed by atoms with van der Waals surface area (Å²) in [4.78, 5) is 1.88. The van der Waals surface area contributed by atoms with Crippen LogP contribution in [0.3, 0.4) is 0 Å². The van der Waals surface area contributed by atoms with Crippen LogP contribution >= 0.6 is 0 Å². The minimum atomic E-state index is -3.86. The SMILES string of the molecule is CN1CCC(CN(C)S(=O)(=O)c2cccc(F)c2C#N)C1. The molecular weight excluding hydrogens is 293 g/mol. The van der Waals surface area contributed by atoms with Gasteiger partial charge in [0.25, 0.3) is 0 Å². The van der Waals surface area contributed by atoms with Crippen molar-refractivity contribution in [1.82, 2.24) is 9.21 Å². The Balaban J connectivity index is 2.26. The van der Waals surface area contributed by atoms with E-state index in [1.807, 2.05) is 7.05 Å². The van der Waals surface area contributed by atoms with Crippen molar-refractivity contribution in [2.45, 2.75) is 11.3 Å². The molecule has 1 aliphatic rings. The molecule has 0 N–H and O–H groups in total. The molecule has 114 valence electrons. The van der Waals surface area contributed by atoms with Gasteiger partial charge in [-0.25, -0.2) is 17.1 Å². The number of nitrogens with zero attached hydrogens (tertiary/aromatic N) is 3. The van der Waals surface area contributed by atoms with E-state index < -0.39 is 21.4 Å². The first-order valence-electron chi connectivity index (χ1n) is 6.69. The lowest BCUT2D eigenvalue weighted by Gasteiger charge is -2.21. The van der Waals surface area contributed by atoms with Gasteiger partial charge < -0.3 is 4.90 Å². The molecule has 0 aliphatic carbocycles. The van der Waals surface area contributed by atoms with Crippen molar-refractivity contribution in [2.24, 2.45) is 5.92 Å². The van der Waals surface area contributed by atoms with Gasteiger partial charge >= 0.3 is 0 Å². The van der Waals surface area contributed by atoms with E-state index in [4.69, 9.17) is 5.26 Å². The number of hydrogen-bond donors (Lipinski definition) is 0. The van der Waals surface area contributed by atoms with E-state index in [0.29, 0.717) is 6.54 Å². The first-order valence-corrected chi connectivity index (χ1v) is 8.13. The Morgan fingerprint density at radius 3 is 2.81 bits per heavy atom. The molecule has 5 nitrogen and oxygen atoms in total. The third-order valence-corrected chi connectivity index (χ3v) is 5.65. The maximum atomic E-state index is 13.6. The van der Waals surface area contributed by atoms with Crippen LogP contribution in [0.1, 0.15) is 12.0 Å². The summed E-state index contributed by atoms with van der Waals surface area (Å²) in [6, 6.07) is 5.30. The zero-order valence-corrected chi connectivity index (χ0v) is 12.9. The summed E-state index contributed by atoms with van der Waals surface area (Å²) in [6.45, 7) is 2.16. The lowest BCUT2D eigenvalue weighted by molar-refractivity contribution is 0.356. The van der Waals surface area contributed by atoms with Crippen LogP contribution in [0.2, 0.25) is 0 Å². The molecule has 1 aromatic carbocycles. The highest BCUT2D eigenvalue weighted by atomic mass is 32.2. The second kappa shape index (κ2) is 6.10. The largest absolute Gasteiger partial charge is 0.306 e. The van der Waals surface area contributed by atoms with Gasteiger partial charge in [0.1, 0.15) is 22.3 Å². The van der Waals surface area contributed by atoms with Gasteiger partial charge in [0.05, 0.1) is 0 Å². The van der Waals surface area contributed by atoms with E-state index in [-0.39, 0.29) is 10.8 Å². The van der Waals surface area contributed by atoms with Crippen molar-refractivity contribution >= 4 is 10.0 Å². The average molecular weight is 311 g/mol. The molecular formula is C14H18FN3O2S. The van der Waals surface area contributed by atoms with Gasteiger partial charge in [0.2, 0.25) is 10.0 Å². The van der Waals surface area contributed by atoms with Gasteiger partial charge in [-0.05, 0) is 38.1 Å². The Bertz CT molecular complexity index is 669. The summed E-state index contributed by atoms with van der Waals surface area (Å²) in [7, 11) is -0.390. The molecule has 7 heteroatoms. The van der Waals surface area contributed by atoms with Crippen LogP contribution in [0.25, 0.3) is 0 Å². The van der Waals surface area contributed by atoms with Crippen molar-refractivity contribution in [3.05, 3.63) is 29.6 Å². The predicted octanol–water partition coefficient (Wildman–Crippen LogP) is 1.27. The molecule has 0 saturated carbocycles. The molecule has 0 spiro atoms. The van der Waals surface area contributed by atoms with Crippen LogP contribution in [0.15, 0.2) is 23.1 Å². The minimum absolute atomic E-state index is 0.258. The number of benzene rings is 1. The topological polar surface area (TPSA) is 64.4 Å². The van der Waals surface area contributed by atoms with Gasteiger partial charge in [-0.15, -0.1) is 0 Å². The van der Waals surface area contributed by atoms with Crippen LogP contribution in [-0.2, 0) is 10.0 Å². The van der Waals surface area contributed by atoms with E-state index in [1.54, 1.807) is 6.07 Å². The standard InChI is InChI=1S/C14H18FN3O2S/c1-17-7-6-11(9-17)10-18(2)21(19,20)14-5-3-4-13(15)12(14)8-16/h3-5,11H,6-7,9-10H2,1-2H3. The smallest absolute Gasteiger partial charge is 0.244 e. The Kier molecular flexibility index (Phi) is 4.61. The van der Waals surface area contributed by atoms with Gasteiger partial charge in [0, 0.05) is 20.1 Å². The summed E-state index contributed by atoms with van der Waals surface area (Å²) in [6.07, 6.45) is 0.935. The quantitative estimate of drug-likeness (QED) is 0.840.